The van der Waals surface area contributed by atoms with Crippen LogP contribution in [0.5, 0.6) is 0 Å². The summed E-state index contributed by atoms with van der Waals surface area (Å²) in [5.41, 5.74) is 4.11. The molecule has 42 heavy (non-hydrogen) atoms. The summed E-state index contributed by atoms with van der Waals surface area (Å²) in [5, 5.41) is 16.1. The molecule has 7 rings (SSSR count). The number of carbonyl (C=O) groups is 1. The molecule has 3 aromatic heterocycles. The summed E-state index contributed by atoms with van der Waals surface area (Å²) in [7, 11) is 0. The van der Waals surface area contributed by atoms with Gasteiger partial charge >= 0.3 is 6.01 Å². The van der Waals surface area contributed by atoms with Crippen molar-refractivity contribution in [1.29, 1.82) is 0 Å². The third-order valence-electron chi connectivity index (χ3n) is 7.40. The van der Waals surface area contributed by atoms with Crippen LogP contribution >= 0.6 is 0 Å². The van der Waals surface area contributed by atoms with Gasteiger partial charge in [-0.15, -0.1) is 5.10 Å². The van der Waals surface area contributed by atoms with Crippen molar-refractivity contribution in [3.8, 4) is 22.7 Å². The van der Waals surface area contributed by atoms with Crippen LogP contribution in [0, 0.1) is 5.82 Å². The Morgan fingerprint density at radius 2 is 1.76 bits per heavy atom. The number of hydrogen-bond donors (Lipinski definition) is 1. The van der Waals surface area contributed by atoms with Crippen molar-refractivity contribution in [1.82, 2.24) is 29.9 Å². The van der Waals surface area contributed by atoms with E-state index in [1.165, 1.54) is 6.07 Å². The SMILES string of the molecule is CC(C)n1cc(-c2nnc(N[C@H]3N=C(c4ccccc4)c4cccc(F)c4CC3=O)o2)c(-c2cnc(C3CC3)nc2)n1. The molecular weight excluding hydrogens is 535 g/mol. The number of hydrogen-bond acceptors (Lipinski definition) is 9. The van der Waals surface area contributed by atoms with Crippen LogP contribution in [0.1, 0.15) is 61.2 Å². The van der Waals surface area contributed by atoms with Crippen LogP contribution in [0.15, 0.2) is 76.5 Å². The fourth-order valence-electron chi connectivity index (χ4n) is 4.99. The first-order chi connectivity index (χ1) is 20.4. The number of nitrogens with one attached hydrogen (secondary N) is 1. The number of rotatable bonds is 7. The monoisotopic (exact) mass is 562 g/mol. The normalized spacial score (nSPS) is 16.7. The Bertz CT molecular complexity index is 1810. The van der Waals surface area contributed by atoms with Crippen molar-refractivity contribution in [2.24, 2.45) is 4.99 Å². The van der Waals surface area contributed by atoms with E-state index in [0.29, 0.717) is 34.0 Å². The summed E-state index contributed by atoms with van der Waals surface area (Å²) in [5.74, 6) is 0.728. The topological polar surface area (TPSA) is 124 Å². The van der Waals surface area contributed by atoms with Crippen LogP contribution in [-0.4, -0.2) is 47.6 Å². The van der Waals surface area contributed by atoms with Gasteiger partial charge in [0.15, 0.2) is 11.9 Å². The molecule has 0 bridgehead atoms. The van der Waals surface area contributed by atoms with Gasteiger partial charge in [-0.2, -0.15) is 5.10 Å². The first-order valence-electron chi connectivity index (χ1n) is 13.9. The van der Waals surface area contributed by atoms with E-state index < -0.39 is 12.0 Å². The molecule has 210 valence electrons. The van der Waals surface area contributed by atoms with E-state index >= 15 is 0 Å². The van der Waals surface area contributed by atoms with Gasteiger partial charge in [0.2, 0.25) is 0 Å². The molecule has 5 aromatic rings. The standard InChI is InChI=1S/C31H27FN8O2/c1-17(2)40-16-23(27(39-40)20-14-33-28(34-15-20)19-11-12-19)30-37-38-31(42-30)36-29-25(41)13-22-21(9-6-10-24(22)32)26(35-29)18-7-4-3-5-8-18/h3-10,14-17,19,29H,11-13H2,1-2H3,(H,36,38)/t29-/m1/s1. The Labute approximate surface area is 240 Å². The highest BCUT2D eigenvalue weighted by Gasteiger charge is 2.30. The zero-order valence-electron chi connectivity index (χ0n) is 23.0. The molecule has 0 spiro atoms. The maximum Gasteiger partial charge on any atom is 0.317 e. The van der Waals surface area contributed by atoms with Crippen molar-refractivity contribution < 1.29 is 13.6 Å². The predicted molar refractivity (Wildman–Crippen MR) is 154 cm³/mol. The van der Waals surface area contributed by atoms with Crippen molar-refractivity contribution in [3.05, 3.63) is 95.5 Å². The first kappa shape index (κ1) is 25.9. The Kier molecular flexibility index (Phi) is 6.41. The van der Waals surface area contributed by atoms with Crippen molar-refractivity contribution in [2.45, 2.75) is 51.2 Å². The lowest BCUT2D eigenvalue weighted by Gasteiger charge is -2.11. The molecule has 0 unspecified atom stereocenters. The largest absolute Gasteiger partial charge is 0.403 e. The van der Waals surface area contributed by atoms with Gasteiger partial charge in [0, 0.05) is 59.2 Å². The molecule has 1 fully saturated rings. The number of Topliss-reactive ketones (excluding diaryl/α,β-unsaturated/α-hetero) is 1. The number of halogens is 1. The van der Waals surface area contributed by atoms with Gasteiger partial charge in [-0.05, 0) is 32.8 Å². The lowest BCUT2D eigenvalue weighted by Crippen LogP contribution is -2.29. The molecule has 1 aliphatic heterocycles. The summed E-state index contributed by atoms with van der Waals surface area (Å²) in [6, 6.07) is 14.2. The van der Waals surface area contributed by atoms with E-state index in [1.54, 1.807) is 24.5 Å². The third kappa shape index (κ3) is 4.87. The molecule has 4 heterocycles. The minimum absolute atomic E-state index is 0.00881. The number of nitrogens with zero attached hydrogens (tertiary/aromatic N) is 7. The van der Waals surface area contributed by atoms with Crippen molar-refractivity contribution in [3.63, 3.8) is 0 Å². The van der Waals surface area contributed by atoms with E-state index in [9.17, 15) is 9.18 Å². The highest BCUT2D eigenvalue weighted by molar-refractivity contribution is 6.16. The molecule has 1 aliphatic carbocycles. The van der Waals surface area contributed by atoms with Crippen LogP contribution in [-0.2, 0) is 11.2 Å². The molecule has 1 saturated carbocycles. The maximum absolute atomic E-state index is 14.9. The fourth-order valence-corrected chi connectivity index (χ4v) is 4.99. The van der Waals surface area contributed by atoms with E-state index in [-0.39, 0.29) is 30.2 Å². The summed E-state index contributed by atoms with van der Waals surface area (Å²) < 4.78 is 22.7. The number of fused-ring (bicyclic) bond motifs is 1. The molecule has 0 radical (unpaired) electrons. The number of carbonyl (C=O) groups excluding carboxylic acids is 1. The summed E-state index contributed by atoms with van der Waals surface area (Å²) >= 11 is 0. The Morgan fingerprint density at radius 1 is 0.976 bits per heavy atom. The predicted octanol–water partition coefficient (Wildman–Crippen LogP) is 5.39. The Hall–Kier alpha value is -5.06. The molecule has 2 aromatic carbocycles. The third-order valence-corrected chi connectivity index (χ3v) is 7.40. The lowest BCUT2D eigenvalue weighted by atomic mass is 9.95. The fraction of sp³-hybridized carbons (Fsp3) is 0.258. The smallest absolute Gasteiger partial charge is 0.317 e. The van der Waals surface area contributed by atoms with E-state index in [0.717, 1.165) is 29.8 Å². The molecule has 0 amide bonds. The van der Waals surface area contributed by atoms with Crippen LogP contribution in [0.3, 0.4) is 0 Å². The quantitative estimate of drug-likeness (QED) is 0.280. The average Bonchev–Trinajstić information content (AvgIpc) is 3.62. The molecule has 2 aliphatic rings. The molecule has 11 heteroatoms. The summed E-state index contributed by atoms with van der Waals surface area (Å²) in [6.45, 7) is 4.05. The lowest BCUT2D eigenvalue weighted by molar-refractivity contribution is -0.119. The Morgan fingerprint density at radius 3 is 2.50 bits per heavy atom. The van der Waals surface area contributed by atoms with Gasteiger partial charge in [-0.1, -0.05) is 47.6 Å². The summed E-state index contributed by atoms with van der Waals surface area (Å²) in [4.78, 5) is 27.2. The number of benzene rings is 2. The first-order valence-corrected chi connectivity index (χ1v) is 13.9. The van der Waals surface area contributed by atoms with Gasteiger partial charge in [0.05, 0.1) is 11.3 Å². The van der Waals surface area contributed by atoms with E-state index in [4.69, 9.17) is 14.5 Å². The summed E-state index contributed by atoms with van der Waals surface area (Å²) in [6.07, 6.45) is 6.41. The van der Waals surface area contributed by atoms with E-state index in [1.807, 2.05) is 55.1 Å². The zero-order valence-corrected chi connectivity index (χ0v) is 23.0. The maximum atomic E-state index is 14.9. The molecular formula is C31H27FN8O2. The van der Waals surface area contributed by atoms with Gasteiger partial charge in [-0.3, -0.25) is 14.5 Å². The molecule has 0 saturated heterocycles. The number of anilines is 1. The van der Waals surface area contributed by atoms with Crippen LogP contribution in [0.25, 0.3) is 22.7 Å². The Balaban J connectivity index is 1.22. The van der Waals surface area contributed by atoms with E-state index in [2.05, 4.69) is 25.5 Å². The molecule has 1 N–H and O–H groups in total. The minimum Gasteiger partial charge on any atom is -0.403 e. The zero-order chi connectivity index (χ0) is 28.8. The van der Waals surface area contributed by atoms with Crippen molar-refractivity contribution in [2.75, 3.05) is 5.32 Å². The second-order valence-electron chi connectivity index (χ2n) is 10.8. The second kappa shape index (κ2) is 10.4. The number of aromatic nitrogens is 6. The van der Waals surface area contributed by atoms with Crippen LogP contribution in [0.4, 0.5) is 10.4 Å². The highest BCUT2D eigenvalue weighted by atomic mass is 19.1. The molecule has 1 atom stereocenters. The van der Waals surface area contributed by atoms with Crippen LogP contribution in [0.2, 0.25) is 0 Å². The molecule has 10 nitrogen and oxygen atoms in total. The van der Waals surface area contributed by atoms with Gasteiger partial charge < -0.3 is 9.73 Å². The van der Waals surface area contributed by atoms with Gasteiger partial charge in [0.25, 0.3) is 5.89 Å². The highest BCUT2D eigenvalue weighted by Crippen LogP contribution is 2.38. The number of ketones is 1. The van der Waals surface area contributed by atoms with Gasteiger partial charge in [0.1, 0.15) is 17.3 Å². The number of aliphatic imine (C=N–C) groups is 1. The minimum atomic E-state index is -1.07. The van der Waals surface area contributed by atoms with Crippen molar-refractivity contribution >= 4 is 17.5 Å². The van der Waals surface area contributed by atoms with Crippen LogP contribution < -0.4 is 5.32 Å². The van der Waals surface area contributed by atoms with Gasteiger partial charge in [-0.25, -0.2) is 14.4 Å². The average molecular weight is 563 g/mol. The second-order valence-corrected chi connectivity index (χ2v) is 10.8.